The third-order valence-electron chi connectivity index (χ3n) is 3.34. The van der Waals surface area contributed by atoms with E-state index in [9.17, 15) is 4.79 Å². The van der Waals surface area contributed by atoms with Gasteiger partial charge in [-0.25, -0.2) is 4.52 Å². The maximum atomic E-state index is 12.2. The van der Waals surface area contributed by atoms with Crippen LogP contribution in [0.2, 0.25) is 0 Å². The van der Waals surface area contributed by atoms with Gasteiger partial charge in [0.2, 0.25) is 0 Å². The van der Waals surface area contributed by atoms with Gasteiger partial charge in [-0.1, -0.05) is 12.1 Å². The number of methoxy groups -OCH3 is 1. The average Bonchev–Trinajstić information content (AvgIpc) is 2.96. The quantitative estimate of drug-likeness (QED) is 0.725. The third kappa shape index (κ3) is 2.30. The first-order valence-electron chi connectivity index (χ1n) is 6.43. The highest BCUT2D eigenvalue weighted by Gasteiger charge is 2.03. The Kier molecular flexibility index (Phi) is 3.25. The van der Waals surface area contributed by atoms with Gasteiger partial charge in [0.1, 0.15) is 11.3 Å². The van der Waals surface area contributed by atoms with Gasteiger partial charge in [0, 0.05) is 18.9 Å². The lowest BCUT2D eigenvalue weighted by Gasteiger charge is -2.07. The number of ether oxygens (including phenoxy) is 1. The highest BCUT2D eigenvalue weighted by molar-refractivity contribution is 5.42. The third-order valence-corrected chi connectivity index (χ3v) is 3.34. The first kappa shape index (κ1) is 12.5. The molecule has 0 unspecified atom stereocenters. The molecule has 1 aromatic carbocycles. The van der Waals surface area contributed by atoms with Crippen molar-refractivity contribution in [1.82, 2.24) is 14.2 Å². The van der Waals surface area contributed by atoms with E-state index in [1.807, 2.05) is 24.3 Å². The summed E-state index contributed by atoms with van der Waals surface area (Å²) in [5.41, 5.74) is 1.76. The Morgan fingerprint density at radius 2 is 1.95 bits per heavy atom. The van der Waals surface area contributed by atoms with Crippen molar-refractivity contribution in [3.8, 4) is 5.75 Å². The van der Waals surface area contributed by atoms with Gasteiger partial charge in [-0.05, 0) is 30.2 Å². The number of nitrogens with zero attached hydrogens (tertiary/aromatic N) is 3. The lowest BCUT2D eigenvalue weighted by atomic mass is 10.1. The molecule has 0 atom stereocenters. The molecular weight excluding hydrogens is 254 g/mol. The van der Waals surface area contributed by atoms with Gasteiger partial charge >= 0.3 is 0 Å². The van der Waals surface area contributed by atoms with Crippen molar-refractivity contribution in [3.63, 3.8) is 0 Å². The summed E-state index contributed by atoms with van der Waals surface area (Å²) in [4.78, 5) is 12.2. The average molecular weight is 269 g/mol. The molecule has 0 radical (unpaired) electrons. The zero-order chi connectivity index (χ0) is 13.9. The number of benzene rings is 1. The van der Waals surface area contributed by atoms with Gasteiger partial charge in [0.05, 0.1) is 13.3 Å². The maximum absolute atomic E-state index is 12.2. The predicted molar refractivity (Wildman–Crippen MR) is 76.2 cm³/mol. The molecule has 5 heteroatoms. The van der Waals surface area contributed by atoms with Crippen molar-refractivity contribution in [2.24, 2.45) is 0 Å². The highest BCUT2D eigenvalue weighted by Crippen LogP contribution is 2.12. The Labute approximate surface area is 116 Å². The summed E-state index contributed by atoms with van der Waals surface area (Å²) in [5, 5.41) is 4.05. The van der Waals surface area contributed by atoms with Crippen LogP contribution < -0.4 is 10.3 Å². The smallest absolute Gasteiger partial charge is 0.276 e. The molecule has 0 saturated heterocycles. The number of hydrogen-bond donors (Lipinski definition) is 0. The van der Waals surface area contributed by atoms with E-state index >= 15 is 0 Å². The van der Waals surface area contributed by atoms with Crippen LogP contribution in [0.15, 0.2) is 53.7 Å². The van der Waals surface area contributed by atoms with Gasteiger partial charge in [0.25, 0.3) is 5.56 Å². The molecule has 5 nitrogen and oxygen atoms in total. The largest absolute Gasteiger partial charge is 0.497 e. The van der Waals surface area contributed by atoms with Crippen LogP contribution in [0.25, 0.3) is 5.52 Å². The zero-order valence-electron chi connectivity index (χ0n) is 11.2. The molecule has 0 fully saturated rings. The summed E-state index contributed by atoms with van der Waals surface area (Å²) in [7, 11) is 1.65. The van der Waals surface area contributed by atoms with Gasteiger partial charge in [0.15, 0.2) is 0 Å². The fraction of sp³-hybridized carbons (Fsp3) is 0.200. The monoisotopic (exact) mass is 269 g/mol. The molecule has 0 aliphatic carbocycles. The van der Waals surface area contributed by atoms with Crippen LogP contribution >= 0.6 is 0 Å². The molecule has 0 aliphatic heterocycles. The molecule has 3 rings (SSSR count). The summed E-state index contributed by atoms with van der Waals surface area (Å²) in [6, 6.07) is 9.62. The summed E-state index contributed by atoms with van der Waals surface area (Å²) in [5.74, 6) is 0.839. The Morgan fingerprint density at radius 3 is 2.70 bits per heavy atom. The minimum atomic E-state index is -0.0153. The molecule has 20 heavy (non-hydrogen) atoms. The van der Waals surface area contributed by atoms with E-state index in [-0.39, 0.29) is 5.56 Å². The fourth-order valence-electron chi connectivity index (χ4n) is 2.18. The van der Waals surface area contributed by atoms with Gasteiger partial charge in [-0.3, -0.25) is 4.79 Å². The standard InChI is InChI=1S/C15H15N3O2/c1-20-13-4-2-12(3-5-13)7-9-17-10-11-18-14(15(17)19)6-8-16-18/h2-6,8,10-11H,7,9H2,1H3. The normalized spacial score (nSPS) is 10.8. The van der Waals surface area contributed by atoms with Crippen LogP contribution in [0, 0.1) is 0 Å². The molecule has 2 heterocycles. The number of fused-ring (bicyclic) bond motifs is 1. The van der Waals surface area contributed by atoms with E-state index in [4.69, 9.17) is 4.74 Å². The Morgan fingerprint density at radius 1 is 1.15 bits per heavy atom. The molecule has 102 valence electrons. The van der Waals surface area contributed by atoms with Crippen LogP contribution in [0.3, 0.4) is 0 Å². The van der Waals surface area contributed by atoms with Crippen molar-refractivity contribution in [3.05, 3.63) is 64.8 Å². The number of rotatable bonds is 4. The Bertz CT molecular complexity index is 772. The number of aromatic nitrogens is 3. The summed E-state index contributed by atoms with van der Waals surface area (Å²) < 4.78 is 8.42. The van der Waals surface area contributed by atoms with Crippen molar-refractivity contribution in [1.29, 1.82) is 0 Å². The molecule has 2 aromatic heterocycles. The summed E-state index contributed by atoms with van der Waals surface area (Å²) in [6.07, 6.45) is 6.00. The van der Waals surface area contributed by atoms with E-state index in [1.54, 1.807) is 40.8 Å². The molecule has 0 saturated carbocycles. The first-order chi connectivity index (χ1) is 9.78. The molecule has 0 spiro atoms. The molecule has 0 amide bonds. The minimum Gasteiger partial charge on any atom is -0.497 e. The summed E-state index contributed by atoms with van der Waals surface area (Å²) in [6.45, 7) is 0.646. The van der Waals surface area contributed by atoms with Crippen molar-refractivity contribution >= 4 is 5.52 Å². The van der Waals surface area contributed by atoms with Gasteiger partial charge in [-0.15, -0.1) is 0 Å². The summed E-state index contributed by atoms with van der Waals surface area (Å²) >= 11 is 0. The Balaban J connectivity index is 1.79. The SMILES string of the molecule is COc1ccc(CCn2ccn3nccc3c2=O)cc1. The van der Waals surface area contributed by atoms with E-state index in [0.29, 0.717) is 12.1 Å². The fourth-order valence-corrected chi connectivity index (χ4v) is 2.18. The van der Waals surface area contributed by atoms with E-state index in [0.717, 1.165) is 12.2 Å². The number of aryl methyl sites for hydroxylation is 2. The predicted octanol–water partition coefficient (Wildman–Crippen LogP) is 1.75. The van der Waals surface area contributed by atoms with Crippen molar-refractivity contribution in [2.75, 3.05) is 7.11 Å². The van der Waals surface area contributed by atoms with Gasteiger partial charge in [-0.2, -0.15) is 5.10 Å². The molecule has 0 N–H and O–H groups in total. The van der Waals surface area contributed by atoms with Crippen LogP contribution in [0.1, 0.15) is 5.56 Å². The van der Waals surface area contributed by atoms with Crippen LogP contribution in [-0.2, 0) is 13.0 Å². The van der Waals surface area contributed by atoms with Crippen LogP contribution in [0.5, 0.6) is 5.75 Å². The molecule has 0 aliphatic rings. The first-order valence-corrected chi connectivity index (χ1v) is 6.43. The zero-order valence-corrected chi connectivity index (χ0v) is 11.2. The topological polar surface area (TPSA) is 48.5 Å². The lowest BCUT2D eigenvalue weighted by Crippen LogP contribution is -2.22. The number of hydrogen-bond acceptors (Lipinski definition) is 3. The van der Waals surface area contributed by atoms with E-state index in [2.05, 4.69) is 5.10 Å². The van der Waals surface area contributed by atoms with E-state index in [1.165, 1.54) is 5.56 Å². The van der Waals surface area contributed by atoms with Crippen molar-refractivity contribution in [2.45, 2.75) is 13.0 Å². The molecular formula is C15H15N3O2. The molecule has 3 aromatic rings. The van der Waals surface area contributed by atoms with Gasteiger partial charge < -0.3 is 9.30 Å². The highest BCUT2D eigenvalue weighted by atomic mass is 16.5. The van der Waals surface area contributed by atoms with Crippen LogP contribution in [0.4, 0.5) is 0 Å². The second-order valence-electron chi connectivity index (χ2n) is 4.56. The van der Waals surface area contributed by atoms with Crippen LogP contribution in [-0.4, -0.2) is 21.3 Å². The lowest BCUT2D eigenvalue weighted by molar-refractivity contribution is 0.414. The van der Waals surface area contributed by atoms with Crippen molar-refractivity contribution < 1.29 is 4.74 Å². The minimum absolute atomic E-state index is 0.0153. The molecule has 0 bridgehead atoms. The maximum Gasteiger partial charge on any atom is 0.276 e. The second-order valence-corrected chi connectivity index (χ2v) is 4.56. The Hall–Kier alpha value is -2.56. The van der Waals surface area contributed by atoms with E-state index < -0.39 is 0 Å². The second kappa shape index (κ2) is 5.21.